The molecule has 0 aliphatic heterocycles. The Morgan fingerprint density at radius 3 is 3.00 bits per heavy atom. The van der Waals surface area contributed by atoms with Gasteiger partial charge in [-0.3, -0.25) is 10.1 Å². The maximum absolute atomic E-state index is 13.4. The van der Waals surface area contributed by atoms with Crippen molar-refractivity contribution in [3.63, 3.8) is 0 Å². The van der Waals surface area contributed by atoms with E-state index in [-0.39, 0.29) is 18.9 Å². The number of nitrogens with one attached hydrogen (secondary N) is 1. The number of fused-ring (bicyclic) bond motifs is 1. The molecule has 1 heterocycles. The van der Waals surface area contributed by atoms with Crippen molar-refractivity contribution in [3.8, 4) is 0 Å². The van der Waals surface area contributed by atoms with Crippen LogP contribution in [0.1, 0.15) is 12.8 Å². The van der Waals surface area contributed by atoms with Gasteiger partial charge in [0, 0.05) is 4.47 Å². The van der Waals surface area contributed by atoms with Crippen LogP contribution in [0.3, 0.4) is 0 Å². The quantitative estimate of drug-likeness (QED) is 0.927. The van der Waals surface area contributed by atoms with Crippen molar-refractivity contribution >= 4 is 39.0 Å². The lowest BCUT2D eigenvalue weighted by atomic mass is 10.3. The van der Waals surface area contributed by atoms with Crippen LogP contribution in [0, 0.1) is 0 Å². The van der Waals surface area contributed by atoms with Crippen LogP contribution in [0.15, 0.2) is 27.1 Å². The number of rotatable bonds is 2. The number of alkyl halides is 1. The van der Waals surface area contributed by atoms with Crippen molar-refractivity contribution in [1.29, 1.82) is 0 Å². The van der Waals surface area contributed by atoms with E-state index in [1.165, 1.54) is 0 Å². The molecule has 17 heavy (non-hydrogen) atoms. The number of nitrogens with zero attached hydrogens (tertiary/aromatic N) is 1. The maximum Gasteiger partial charge on any atom is 0.302 e. The van der Waals surface area contributed by atoms with E-state index in [9.17, 15) is 9.18 Å². The summed E-state index contributed by atoms with van der Waals surface area (Å²) in [6.45, 7) is 0. The first kappa shape index (κ1) is 10.7. The lowest BCUT2D eigenvalue weighted by molar-refractivity contribution is -0.122. The van der Waals surface area contributed by atoms with Crippen LogP contribution < -0.4 is 5.32 Å². The zero-order valence-corrected chi connectivity index (χ0v) is 10.3. The Bertz CT molecular complexity index is 607. The minimum absolute atomic E-state index is 0.0343. The molecule has 88 valence electrons. The lowest BCUT2D eigenvalue weighted by Gasteiger charge is -2.02. The van der Waals surface area contributed by atoms with Gasteiger partial charge in [0.25, 0.3) is 5.91 Å². The number of halogens is 2. The normalized spacial score (nSPS) is 17.1. The van der Waals surface area contributed by atoms with Gasteiger partial charge in [-0.2, -0.15) is 4.98 Å². The Balaban J connectivity index is 1.88. The van der Waals surface area contributed by atoms with E-state index in [2.05, 4.69) is 26.2 Å². The molecule has 4 nitrogen and oxygen atoms in total. The van der Waals surface area contributed by atoms with Crippen LogP contribution in [-0.2, 0) is 4.79 Å². The van der Waals surface area contributed by atoms with Crippen molar-refractivity contribution in [3.05, 3.63) is 22.7 Å². The molecule has 0 unspecified atom stereocenters. The molecule has 0 atom stereocenters. The van der Waals surface area contributed by atoms with E-state index < -0.39 is 11.6 Å². The summed E-state index contributed by atoms with van der Waals surface area (Å²) in [5.74, 6) is -0.678. The number of hydrogen-bond donors (Lipinski definition) is 1. The molecule has 0 saturated heterocycles. The minimum atomic E-state index is -1.72. The van der Waals surface area contributed by atoms with E-state index in [0.717, 1.165) is 4.47 Å². The molecule has 1 aromatic carbocycles. The van der Waals surface area contributed by atoms with Crippen LogP contribution in [0.25, 0.3) is 11.1 Å². The second-order valence-corrected chi connectivity index (χ2v) is 4.97. The summed E-state index contributed by atoms with van der Waals surface area (Å²) in [5.41, 5.74) is -0.563. The highest BCUT2D eigenvalue weighted by Gasteiger charge is 2.51. The number of hydrogen-bond acceptors (Lipinski definition) is 3. The van der Waals surface area contributed by atoms with Crippen molar-refractivity contribution in [2.75, 3.05) is 5.32 Å². The number of benzene rings is 1. The molecular formula is C11H8BrFN2O2. The van der Waals surface area contributed by atoms with E-state index in [0.29, 0.717) is 11.1 Å². The van der Waals surface area contributed by atoms with Crippen LogP contribution >= 0.6 is 15.9 Å². The van der Waals surface area contributed by atoms with E-state index in [1.54, 1.807) is 12.1 Å². The third-order valence-corrected chi connectivity index (χ3v) is 3.16. The molecule has 1 aliphatic carbocycles. The molecule has 1 saturated carbocycles. The molecule has 1 N–H and O–H groups in total. The SMILES string of the molecule is O=C(Nc1nc2ccc(Br)cc2o1)C1(F)CC1. The second-order valence-electron chi connectivity index (χ2n) is 4.05. The molecule has 1 fully saturated rings. The zero-order chi connectivity index (χ0) is 12.0. The number of oxazole rings is 1. The number of carbonyl (C=O) groups excluding carboxylic acids is 1. The smallest absolute Gasteiger partial charge is 0.302 e. The largest absolute Gasteiger partial charge is 0.423 e. The predicted molar refractivity (Wildman–Crippen MR) is 63.4 cm³/mol. The van der Waals surface area contributed by atoms with Crippen molar-refractivity contribution in [2.45, 2.75) is 18.5 Å². The molecule has 0 bridgehead atoms. The fourth-order valence-electron chi connectivity index (χ4n) is 1.50. The first-order valence-electron chi connectivity index (χ1n) is 5.13. The number of anilines is 1. The van der Waals surface area contributed by atoms with E-state index >= 15 is 0 Å². The lowest BCUT2D eigenvalue weighted by Crippen LogP contribution is -2.25. The Morgan fingerprint density at radius 1 is 1.53 bits per heavy atom. The van der Waals surface area contributed by atoms with Gasteiger partial charge in [0.1, 0.15) is 5.52 Å². The summed E-state index contributed by atoms with van der Waals surface area (Å²) in [5, 5.41) is 2.35. The van der Waals surface area contributed by atoms with Gasteiger partial charge in [0.15, 0.2) is 11.3 Å². The Morgan fingerprint density at radius 2 is 2.29 bits per heavy atom. The Kier molecular flexibility index (Phi) is 2.22. The highest BCUT2D eigenvalue weighted by Crippen LogP contribution is 2.40. The second kappa shape index (κ2) is 3.53. The highest BCUT2D eigenvalue weighted by atomic mass is 79.9. The highest BCUT2D eigenvalue weighted by molar-refractivity contribution is 9.10. The summed E-state index contributed by atoms with van der Waals surface area (Å²) in [6.07, 6.45) is 0.537. The molecule has 3 rings (SSSR count). The molecule has 0 radical (unpaired) electrons. The van der Waals surface area contributed by atoms with Gasteiger partial charge < -0.3 is 4.42 Å². The van der Waals surface area contributed by atoms with Gasteiger partial charge in [-0.15, -0.1) is 0 Å². The molecule has 6 heteroatoms. The third-order valence-electron chi connectivity index (χ3n) is 2.67. The molecular weight excluding hydrogens is 291 g/mol. The summed E-state index contributed by atoms with van der Waals surface area (Å²) in [4.78, 5) is 15.5. The van der Waals surface area contributed by atoms with Crippen LogP contribution in [0.5, 0.6) is 0 Å². The predicted octanol–water partition coefficient (Wildman–Crippen LogP) is 3.03. The zero-order valence-electron chi connectivity index (χ0n) is 8.67. The number of amides is 1. The first-order valence-corrected chi connectivity index (χ1v) is 5.93. The maximum atomic E-state index is 13.4. The minimum Gasteiger partial charge on any atom is -0.423 e. The van der Waals surface area contributed by atoms with E-state index in [1.807, 2.05) is 6.07 Å². The fraction of sp³-hybridized carbons (Fsp3) is 0.273. The van der Waals surface area contributed by atoms with E-state index in [4.69, 9.17) is 4.42 Å². The average molecular weight is 299 g/mol. The van der Waals surface area contributed by atoms with Gasteiger partial charge in [-0.1, -0.05) is 15.9 Å². The molecule has 0 spiro atoms. The topological polar surface area (TPSA) is 55.1 Å². The number of aromatic nitrogens is 1. The summed E-state index contributed by atoms with van der Waals surface area (Å²) < 4.78 is 19.6. The van der Waals surface area contributed by atoms with Gasteiger partial charge in [-0.25, -0.2) is 4.39 Å². The van der Waals surface area contributed by atoms with Crippen molar-refractivity contribution < 1.29 is 13.6 Å². The first-order chi connectivity index (χ1) is 8.07. The summed E-state index contributed by atoms with van der Waals surface area (Å²) in [6, 6.07) is 5.34. The molecule has 1 aliphatic rings. The van der Waals surface area contributed by atoms with Crippen LogP contribution in [0.2, 0.25) is 0 Å². The fourth-order valence-corrected chi connectivity index (χ4v) is 1.84. The Hall–Kier alpha value is -1.43. The third kappa shape index (κ3) is 1.93. The molecule has 1 aromatic heterocycles. The van der Waals surface area contributed by atoms with Crippen LogP contribution in [-0.4, -0.2) is 16.6 Å². The molecule has 1 amide bonds. The van der Waals surface area contributed by atoms with Crippen molar-refractivity contribution in [2.24, 2.45) is 0 Å². The number of carbonyl (C=O) groups is 1. The van der Waals surface area contributed by atoms with Crippen LogP contribution in [0.4, 0.5) is 10.4 Å². The molecule has 2 aromatic rings. The van der Waals surface area contributed by atoms with Gasteiger partial charge >= 0.3 is 6.01 Å². The standard InChI is InChI=1S/C11H8BrFN2O2/c12-6-1-2-7-8(5-6)17-10(14-7)15-9(16)11(13)3-4-11/h1-2,5H,3-4H2,(H,14,15,16). The van der Waals surface area contributed by atoms with Gasteiger partial charge in [-0.05, 0) is 31.0 Å². The van der Waals surface area contributed by atoms with Gasteiger partial charge in [0.05, 0.1) is 0 Å². The Labute approximate surface area is 104 Å². The summed E-state index contributed by atoms with van der Waals surface area (Å²) >= 11 is 3.30. The van der Waals surface area contributed by atoms with Crippen molar-refractivity contribution in [1.82, 2.24) is 4.98 Å². The average Bonchev–Trinajstić information content (AvgIpc) is 2.90. The van der Waals surface area contributed by atoms with Gasteiger partial charge in [0.2, 0.25) is 0 Å². The summed E-state index contributed by atoms with van der Waals surface area (Å²) in [7, 11) is 0. The monoisotopic (exact) mass is 298 g/mol.